The van der Waals surface area contributed by atoms with E-state index < -0.39 is 0 Å². The van der Waals surface area contributed by atoms with Crippen molar-refractivity contribution < 1.29 is 9.53 Å². The van der Waals surface area contributed by atoms with E-state index in [1.807, 2.05) is 13.3 Å². The van der Waals surface area contributed by atoms with Crippen molar-refractivity contribution in [2.24, 2.45) is 17.3 Å². The molecule has 160 valence electrons. The fraction of sp³-hybridized carbons (Fsp3) is 0.864. The van der Waals surface area contributed by atoms with Gasteiger partial charge in [0.05, 0.1) is 24.2 Å². The van der Waals surface area contributed by atoms with E-state index in [2.05, 4.69) is 26.8 Å². The number of carbonyl (C=O) groups excluding carboxylic acids is 1. The molecule has 5 aliphatic rings. The average Bonchev–Trinajstić information content (AvgIpc) is 3.13. The number of ether oxygens (including phenoxy) is 1. The summed E-state index contributed by atoms with van der Waals surface area (Å²) in [6.07, 6.45) is 9.56. The number of carbonyl (C=O) groups is 1. The Labute approximate surface area is 173 Å². The van der Waals surface area contributed by atoms with Crippen LogP contribution in [-0.4, -0.2) is 64.5 Å². The molecular weight excluding hydrogens is 366 g/mol. The number of nitrogens with one attached hydrogen (secondary N) is 1. The second-order valence-corrected chi connectivity index (χ2v) is 10.3. The van der Waals surface area contributed by atoms with Crippen LogP contribution in [0.3, 0.4) is 0 Å². The minimum atomic E-state index is -0.211. The largest absolute Gasteiger partial charge is 0.379 e. The molecule has 4 bridgehead atoms. The summed E-state index contributed by atoms with van der Waals surface area (Å²) in [5.74, 6) is 2.42. The Hall–Kier alpha value is -1.47. The molecular formula is C22H35N5O2. The maximum Gasteiger partial charge on any atom is 0.226 e. The van der Waals surface area contributed by atoms with Crippen LogP contribution < -0.4 is 5.32 Å². The fourth-order valence-electron chi connectivity index (χ4n) is 6.97. The second-order valence-electron chi connectivity index (χ2n) is 10.3. The predicted octanol–water partition coefficient (Wildman–Crippen LogP) is 2.11. The summed E-state index contributed by atoms with van der Waals surface area (Å²) in [5, 5.41) is 8.10. The first kappa shape index (κ1) is 19.5. The van der Waals surface area contributed by atoms with Gasteiger partial charge in [-0.25, -0.2) is 9.67 Å². The van der Waals surface area contributed by atoms with Gasteiger partial charge in [-0.3, -0.25) is 9.69 Å². The van der Waals surface area contributed by atoms with Gasteiger partial charge < -0.3 is 10.1 Å². The number of aryl methyl sites for hydroxylation is 1. The van der Waals surface area contributed by atoms with E-state index in [1.165, 1.54) is 6.42 Å². The van der Waals surface area contributed by atoms with Gasteiger partial charge in [0, 0.05) is 25.7 Å². The van der Waals surface area contributed by atoms with Crippen LogP contribution >= 0.6 is 0 Å². The number of morpholine rings is 1. The molecule has 7 heteroatoms. The van der Waals surface area contributed by atoms with Gasteiger partial charge in [0.2, 0.25) is 5.91 Å². The molecule has 1 saturated heterocycles. The van der Waals surface area contributed by atoms with E-state index in [9.17, 15) is 4.79 Å². The highest BCUT2D eigenvalue weighted by Gasteiger charge is 2.61. The quantitative estimate of drug-likeness (QED) is 0.790. The van der Waals surface area contributed by atoms with Gasteiger partial charge in [-0.15, -0.1) is 0 Å². The van der Waals surface area contributed by atoms with Crippen LogP contribution in [-0.2, 0) is 15.1 Å². The Morgan fingerprint density at radius 2 is 2.00 bits per heavy atom. The van der Waals surface area contributed by atoms with Crippen molar-refractivity contribution in [1.82, 2.24) is 25.0 Å². The minimum absolute atomic E-state index is 0.000275. The smallest absolute Gasteiger partial charge is 0.226 e. The lowest BCUT2D eigenvalue weighted by molar-refractivity contribution is -0.156. The zero-order chi connectivity index (χ0) is 20.1. The summed E-state index contributed by atoms with van der Waals surface area (Å²) in [6.45, 7) is 8.82. The van der Waals surface area contributed by atoms with Crippen molar-refractivity contribution in [3.8, 4) is 0 Å². The van der Waals surface area contributed by atoms with Crippen LogP contribution in [0.25, 0.3) is 0 Å². The molecule has 0 aromatic carbocycles. The Morgan fingerprint density at radius 3 is 2.66 bits per heavy atom. The Balaban J connectivity index is 1.26. The zero-order valence-electron chi connectivity index (χ0n) is 17.9. The highest BCUT2D eigenvalue weighted by Crippen LogP contribution is 2.64. The fourth-order valence-corrected chi connectivity index (χ4v) is 6.97. The third-order valence-electron chi connectivity index (χ3n) is 7.96. The molecule has 1 N–H and O–H groups in total. The zero-order valence-corrected chi connectivity index (χ0v) is 17.9. The summed E-state index contributed by atoms with van der Waals surface area (Å²) in [6, 6.07) is 0.211. The lowest BCUT2D eigenvalue weighted by Crippen LogP contribution is -2.61. The average molecular weight is 402 g/mol. The molecule has 1 aromatic rings. The first-order valence-electron chi connectivity index (χ1n) is 11.5. The van der Waals surface area contributed by atoms with Crippen molar-refractivity contribution >= 4 is 5.91 Å². The van der Waals surface area contributed by atoms with Gasteiger partial charge in [-0.1, -0.05) is 0 Å². The van der Waals surface area contributed by atoms with Crippen molar-refractivity contribution in [3.05, 3.63) is 12.2 Å². The van der Waals surface area contributed by atoms with E-state index >= 15 is 0 Å². The molecule has 7 nitrogen and oxygen atoms in total. The maximum atomic E-state index is 13.5. The molecule has 4 saturated carbocycles. The summed E-state index contributed by atoms with van der Waals surface area (Å²) in [7, 11) is 0. The molecule has 5 fully saturated rings. The van der Waals surface area contributed by atoms with E-state index in [0.717, 1.165) is 77.2 Å². The summed E-state index contributed by atoms with van der Waals surface area (Å²) in [5.41, 5.74) is -0.211. The SMILES string of the molecule is Cc1ncn(C23C[C@H]4C[C@@H](CC(C(=O)N[C@@H](C)CCN5CCOCC5)(C4)C2)C3)n1. The molecule has 0 radical (unpaired) electrons. The van der Waals surface area contributed by atoms with E-state index in [-0.39, 0.29) is 17.0 Å². The summed E-state index contributed by atoms with van der Waals surface area (Å²) >= 11 is 0. The molecule has 0 spiro atoms. The third kappa shape index (κ3) is 3.61. The topological polar surface area (TPSA) is 72.3 Å². The summed E-state index contributed by atoms with van der Waals surface area (Å²) in [4.78, 5) is 20.4. The molecule has 2 heterocycles. The predicted molar refractivity (Wildman–Crippen MR) is 109 cm³/mol. The van der Waals surface area contributed by atoms with Crippen LogP contribution in [0.4, 0.5) is 0 Å². The third-order valence-corrected chi connectivity index (χ3v) is 7.96. The molecule has 1 aliphatic heterocycles. The Morgan fingerprint density at radius 1 is 1.28 bits per heavy atom. The normalized spacial score (nSPS) is 37.6. The van der Waals surface area contributed by atoms with Crippen LogP contribution in [0.2, 0.25) is 0 Å². The van der Waals surface area contributed by atoms with Gasteiger partial charge >= 0.3 is 0 Å². The lowest BCUT2D eigenvalue weighted by Gasteiger charge is -2.61. The summed E-state index contributed by atoms with van der Waals surface area (Å²) < 4.78 is 7.55. The number of hydrogen-bond donors (Lipinski definition) is 1. The highest BCUT2D eigenvalue weighted by molar-refractivity contribution is 5.83. The minimum Gasteiger partial charge on any atom is -0.379 e. The van der Waals surface area contributed by atoms with Gasteiger partial charge in [0.1, 0.15) is 12.2 Å². The molecule has 3 atom stereocenters. The first-order valence-corrected chi connectivity index (χ1v) is 11.5. The Kier molecular flexibility index (Phi) is 4.93. The Bertz CT molecular complexity index is 742. The maximum absolute atomic E-state index is 13.5. The number of amides is 1. The standard InChI is InChI=1S/C22H35N5O2/c1-16(3-4-26-5-7-29-8-6-26)24-20(28)21-10-18-9-19(11-21)13-22(12-18,14-21)27-15-23-17(2)25-27/h15-16,18-19H,3-14H2,1-2H3,(H,24,28)/t16-,18-,19-,21?,22?/m0/s1. The van der Waals surface area contributed by atoms with Crippen LogP contribution in [0, 0.1) is 24.2 Å². The number of hydrogen-bond acceptors (Lipinski definition) is 5. The van der Waals surface area contributed by atoms with Crippen molar-refractivity contribution in [1.29, 1.82) is 0 Å². The molecule has 0 unspecified atom stereocenters. The molecule has 29 heavy (non-hydrogen) atoms. The molecule has 6 rings (SSSR count). The highest BCUT2D eigenvalue weighted by atomic mass is 16.5. The van der Waals surface area contributed by atoms with Crippen molar-refractivity contribution in [2.75, 3.05) is 32.8 Å². The van der Waals surface area contributed by atoms with Gasteiger partial charge in [0.15, 0.2) is 0 Å². The van der Waals surface area contributed by atoms with Crippen LogP contribution in [0.1, 0.15) is 57.7 Å². The van der Waals surface area contributed by atoms with Crippen molar-refractivity contribution in [3.63, 3.8) is 0 Å². The van der Waals surface area contributed by atoms with Gasteiger partial charge in [-0.05, 0) is 70.6 Å². The molecule has 1 aromatic heterocycles. The number of nitrogens with zero attached hydrogens (tertiary/aromatic N) is 4. The second kappa shape index (κ2) is 7.34. The number of rotatable bonds is 6. The van der Waals surface area contributed by atoms with E-state index in [1.54, 1.807) is 0 Å². The number of aromatic nitrogens is 3. The van der Waals surface area contributed by atoms with Crippen LogP contribution in [0.15, 0.2) is 6.33 Å². The van der Waals surface area contributed by atoms with E-state index in [4.69, 9.17) is 9.84 Å². The molecule has 1 amide bonds. The first-order chi connectivity index (χ1) is 14.0. The van der Waals surface area contributed by atoms with Gasteiger partial charge in [-0.2, -0.15) is 5.10 Å². The van der Waals surface area contributed by atoms with Crippen molar-refractivity contribution in [2.45, 2.75) is 70.4 Å². The lowest BCUT2D eigenvalue weighted by atomic mass is 9.46. The van der Waals surface area contributed by atoms with Gasteiger partial charge in [0.25, 0.3) is 0 Å². The van der Waals surface area contributed by atoms with Crippen LogP contribution in [0.5, 0.6) is 0 Å². The van der Waals surface area contributed by atoms with E-state index in [0.29, 0.717) is 17.7 Å². The molecule has 4 aliphatic carbocycles. The monoisotopic (exact) mass is 401 g/mol.